The van der Waals surface area contributed by atoms with Crippen LogP contribution in [0.1, 0.15) is 15.9 Å². The normalized spacial score (nSPS) is 13.3. The number of aryl methyl sites for hydroxylation is 1. The standard InChI is InChI=1S/C30H38N6O4/c1-22-8-6-7-9-24(22)30(38)36(15-14-33(2)3)21-29(37)35-18-16-34(17-19-35)28-13-12-26(31-32-28)25-11-10-23(39-4)20-27(25)40-5/h6-13,20H,14-19,21H2,1-5H3. The van der Waals surface area contributed by atoms with Crippen LogP contribution in [0.2, 0.25) is 0 Å². The summed E-state index contributed by atoms with van der Waals surface area (Å²) in [5.41, 5.74) is 3.07. The molecular formula is C30H38N6O4. The number of nitrogens with zero attached hydrogens (tertiary/aromatic N) is 6. The van der Waals surface area contributed by atoms with Crippen LogP contribution < -0.4 is 14.4 Å². The Hall–Kier alpha value is -4.18. The van der Waals surface area contributed by atoms with E-state index in [1.165, 1.54) is 0 Å². The van der Waals surface area contributed by atoms with Crippen LogP contribution in [0.4, 0.5) is 5.82 Å². The van der Waals surface area contributed by atoms with Crippen LogP contribution in [0, 0.1) is 6.92 Å². The zero-order valence-corrected chi connectivity index (χ0v) is 24.0. The van der Waals surface area contributed by atoms with Crippen molar-refractivity contribution in [2.45, 2.75) is 6.92 Å². The number of benzene rings is 2. The van der Waals surface area contributed by atoms with Gasteiger partial charge in [0, 0.05) is 56.5 Å². The zero-order chi connectivity index (χ0) is 28.6. The Morgan fingerprint density at radius 3 is 2.27 bits per heavy atom. The van der Waals surface area contributed by atoms with Gasteiger partial charge in [-0.15, -0.1) is 10.2 Å². The minimum absolute atomic E-state index is 0.0478. The number of anilines is 1. The summed E-state index contributed by atoms with van der Waals surface area (Å²) in [6.07, 6.45) is 0. The first kappa shape index (κ1) is 28.8. The second-order valence-electron chi connectivity index (χ2n) is 10.1. The Kier molecular flexibility index (Phi) is 9.55. The van der Waals surface area contributed by atoms with Crippen LogP contribution in [0.5, 0.6) is 11.5 Å². The number of hydrogen-bond donors (Lipinski definition) is 0. The quantitative estimate of drug-likeness (QED) is 0.384. The van der Waals surface area contributed by atoms with E-state index in [1.807, 2.05) is 85.4 Å². The molecule has 0 unspecified atom stereocenters. The van der Waals surface area contributed by atoms with Crippen molar-refractivity contribution < 1.29 is 19.1 Å². The number of methoxy groups -OCH3 is 2. The Morgan fingerprint density at radius 2 is 1.65 bits per heavy atom. The number of amides is 2. The lowest BCUT2D eigenvalue weighted by Crippen LogP contribution is -2.52. The van der Waals surface area contributed by atoms with Crippen LogP contribution in [0.15, 0.2) is 54.6 Å². The monoisotopic (exact) mass is 546 g/mol. The fourth-order valence-electron chi connectivity index (χ4n) is 4.65. The molecule has 0 atom stereocenters. The molecular weight excluding hydrogens is 508 g/mol. The third-order valence-electron chi connectivity index (χ3n) is 7.10. The van der Waals surface area contributed by atoms with Gasteiger partial charge in [0.1, 0.15) is 18.0 Å². The Balaban J connectivity index is 1.37. The highest BCUT2D eigenvalue weighted by Crippen LogP contribution is 2.32. The Labute approximate surface area is 236 Å². The molecule has 1 aliphatic rings. The van der Waals surface area contributed by atoms with Crippen LogP contribution in [0.25, 0.3) is 11.3 Å². The summed E-state index contributed by atoms with van der Waals surface area (Å²) < 4.78 is 10.8. The largest absolute Gasteiger partial charge is 0.497 e. The van der Waals surface area contributed by atoms with Crippen molar-refractivity contribution in [2.24, 2.45) is 0 Å². The molecule has 1 aromatic heterocycles. The summed E-state index contributed by atoms with van der Waals surface area (Å²) in [7, 11) is 7.14. The summed E-state index contributed by atoms with van der Waals surface area (Å²) in [4.78, 5) is 34.2. The van der Waals surface area contributed by atoms with E-state index in [1.54, 1.807) is 19.1 Å². The molecule has 0 aliphatic carbocycles. The van der Waals surface area contributed by atoms with E-state index in [9.17, 15) is 9.59 Å². The molecule has 0 N–H and O–H groups in total. The van der Waals surface area contributed by atoms with Gasteiger partial charge in [0.2, 0.25) is 5.91 Å². The van der Waals surface area contributed by atoms with Crippen LogP contribution in [-0.2, 0) is 4.79 Å². The summed E-state index contributed by atoms with van der Waals surface area (Å²) in [6.45, 7) is 5.50. The van der Waals surface area contributed by atoms with Gasteiger partial charge in [-0.2, -0.15) is 0 Å². The van der Waals surface area contributed by atoms with E-state index >= 15 is 0 Å². The highest BCUT2D eigenvalue weighted by Gasteiger charge is 2.26. The lowest BCUT2D eigenvalue weighted by molar-refractivity contribution is -0.132. The zero-order valence-electron chi connectivity index (χ0n) is 24.0. The molecule has 0 spiro atoms. The third kappa shape index (κ3) is 6.87. The topological polar surface area (TPSA) is 91.3 Å². The van der Waals surface area contributed by atoms with Crippen molar-refractivity contribution in [1.29, 1.82) is 0 Å². The van der Waals surface area contributed by atoms with E-state index in [2.05, 4.69) is 15.1 Å². The summed E-state index contributed by atoms with van der Waals surface area (Å²) >= 11 is 0. The highest BCUT2D eigenvalue weighted by atomic mass is 16.5. The lowest BCUT2D eigenvalue weighted by Gasteiger charge is -2.36. The maximum atomic E-state index is 13.3. The minimum Gasteiger partial charge on any atom is -0.497 e. The first-order valence-corrected chi connectivity index (χ1v) is 13.4. The molecule has 10 heteroatoms. The molecule has 212 valence electrons. The summed E-state index contributed by atoms with van der Waals surface area (Å²) in [5.74, 6) is 1.96. The van der Waals surface area contributed by atoms with Gasteiger partial charge in [-0.25, -0.2) is 0 Å². The number of aromatic nitrogens is 2. The molecule has 2 amide bonds. The number of carbonyl (C=O) groups excluding carboxylic acids is 2. The van der Waals surface area contributed by atoms with Gasteiger partial charge in [-0.05, 0) is 56.9 Å². The van der Waals surface area contributed by atoms with E-state index in [0.717, 1.165) is 16.9 Å². The molecule has 10 nitrogen and oxygen atoms in total. The minimum atomic E-state index is -0.115. The number of likely N-dealkylation sites (N-methyl/N-ethyl adjacent to an activating group) is 1. The highest BCUT2D eigenvalue weighted by molar-refractivity contribution is 5.97. The number of ether oxygens (including phenoxy) is 2. The summed E-state index contributed by atoms with van der Waals surface area (Å²) in [6, 6.07) is 16.9. The molecule has 2 heterocycles. The number of piperazine rings is 1. The smallest absolute Gasteiger partial charge is 0.254 e. The number of hydrogen-bond acceptors (Lipinski definition) is 8. The van der Waals surface area contributed by atoms with Crippen molar-refractivity contribution >= 4 is 17.6 Å². The van der Waals surface area contributed by atoms with Crippen LogP contribution in [0.3, 0.4) is 0 Å². The summed E-state index contributed by atoms with van der Waals surface area (Å²) in [5, 5.41) is 8.88. The SMILES string of the molecule is COc1ccc(-c2ccc(N3CCN(C(=O)CN(CCN(C)C)C(=O)c4ccccc4C)CC3)nn2)c(OC)c1. The van der Waals surface area contributed by atoms with Crippen molar-refractivity contribution in [1.82, 2.24) is 24.9 Å². The van der Waals surface area contributed by atoms with Gasteiger partial charge < -0.3 is 29.1 Å². The third-order valence-corrected chi connectivity index (χ3v) is 7.10. The number of rotatable bonds is 10. The molecule has 4 rings (SSSR count). The van der Waals surface area contributed by atoms with E-state index in [-0.39, 0.29) is 18.4 Å². The van der Waals surface area contributed by atoms with Gasteiger partial charge in [-0.3, -0.25) is 9.59 Å². The number of carbonyl (C=O) groups is 2. The average Bonchev–Trinajstić information content (AvgIpc) is 2.98. The molecule has 1 saturated heterocycles. The van der Waals surface area contributed by atoms with Gasteiger partial charge in [0.05, 0.1) is 19.9 Å². The van der Waals surface area contributed by atoms with Gasteiger partial charge in [0.25, 0.3) is 5.91 Å². The van der Waals surface area contributed by atoms with Gasteiger partial charge in [-0.1, -0.05) is 18.2 Å². The maximum absolute atomic E-state index is 13.3. The Bertz CT molecular complexity index is 1310. The van der Waals surface area contributed by atoms with E-state index in [4.69, 9.17) is 9.47 Å². The predicted octanol–water partition coefficient (Wildman–Crippen LogP) is 2.82. The maximum Gasteiger partial charge on any atom is 0.254 e. The van der Waals surface area contributed by atoms with Gasteiger partial charge >= 0.3 is 0 Å². The second kappa shape index (κ2) is 13.3. The average molecular weight is 547 g/mol. The fraction of sp³-hybridized carbons (Fsp3) is 0.400. The molecule has 0 bridgehead atoms. The first-order chi connectivity index (χ1) is 19.3. The van der Waals surface area contributed by atoms with Crippen LogP contribution >= 0.6 is 0 Å². The molecule has 0 radical (unpaired) electrons. The van der Waals surface area contributed by atoms with Gasteiger partial charge in [0.15, 0.2) is 5.82 Å². The van der Waals surface area contributed by atoms with E-state index in [0.29, 0.717) is 62.0 Å². The molecule has 2 aromatic carbocycles. The van der Waals surface area contributed by atoms with Crippen molar-refractivity contribution in [3.63, 3.8) is 0 Å². The lowest BCUT2D eigenvalue weighted by atomic mass is 10.1. The van der Waals surface area contributed by atoms with Crippen molar-refractivity contribution in [3.8, 4) is 22.8 Å². The molecule has 1 fully saturated rings. The molecule has 3 aromatic rings. The molecule has 1 aliphatic heterocycles. The fourth-order valence-corrected chi connectivity index (χ4v) is 4.65. The molecule has 0 saturated carbocycles. The first-order valence-electron chi connectivity index (χ1n) is 13.4. The predicted molar refractivity (Wildman–Crippen MR) is 155 cm³/mol. The second-order valence-corrected chi connectivity index (χ2v) is 10.1. The van der Waals surface area contributed by atoms with E-state index < -0.39 is 0 Å². The van der Waals surface area contributed by atoms with Crippen molar-refractivity contribution in [3.05, 3.63) is 65.7 Å². The Morgan fingerprint density at radius 1 is 0.900 bits per heavy atom. The van der Waals surface area contributed by atoms with Crippen LogP contribution in [-0.4, -0.2) is 111 Å². The molecule has 40 heavy (non-hydrogen) atoms. The van der Waals surface area contributed by atoms with Crippen molar-refractivity contribution in [2.75, 3.05) is 79.0 Å².